The number of pyridine rings is 2. The zero-order valence-corrected chi connectivity index (χ0v) is 13.5. The predicted octanol–water partition coefficient (Wildman–Crippen LogP) is 2.87. The maximum atomic E-state index is 12.1. The summed E-state index contributed by atoms with van der Waals surface area (Å²) in [4.78, 5) is 19.5. The molecule has 1 aromatic carbocycles. The number of para-hydroxylation sites is 1. The van der Waals surface area contributed by atoms with Crippen molar-refractivity contribution in [2.24, 2.45) is 0 Å². The van der Waals surface area contributed by atoms with Crippen molar-refractivity contribution in [1.29, 1.82) is 0 Å². The molecule has 3 rings (SSSR count). The molecule has 0 fully saturated rings. The minimum Gasteiger partial charge on any atom is -0.322 e. The van der Waals surface area contributed by atoms with Crippen LogP contribution in [-0.2, 0) is 13.0 Å². The van der Waals surface area contributed by atoms with Gasteiger partial charge in [0.15, 0.2) is 0 Å². The Morgan fingerprint density at radius 3 is 2.83 bits per heavy atom. The van der Waals surface area contributed by atoms with E-state index in [-0.39, 0.29) is 5.56 Å². The van der Waals surface area contributed by atoms with Crippen molar-refractivity contribution in [3.63, 3.8) is 0 Å². The number of benzene rings is 1. The van der Waals surface area contributed by atoms with Gasteiger partial charge in [-0.3, -0.25) is 9.78 Å². The van der Waals surface area contributed by atoms with Gasteiger partial charge in [0.1, 0.15) is 0 Å². The highest BCUT2D eigenvalue weighted by atomic mass is 16.1. The first-order chi connectivity index (χ1) is 11.1. The lowest BCUT2D eigenvalue weighted by molar-refractivity contribution is 0.674. The number of aromatic nitrogens is 2. The van der Waals surface area contributed by atoms with E-state index in [0.29, 0.717) is 6.54 Å². The summed E-state index contributed by atoms with van der Waals surface area (Å²) in [6.07, 6.45) is 2.76. The van der Waals surface area contributed by atoms with Gasteiger partial charge in [0.25, 0.3) is 5.56 Å². The zero-order chi connectivity index (χ0) is 16.2. The lowest BCUT2D eigenvalue weighted by Gasteiger charge is -2.08. The number of aryl methyl sites for hydroxylation is 2. The molecule has 2 N–H and O–H groups in total. The lowest BCUT2D eigenvalue weighted by Crippen LogP contribution is -2.23. The van der Waals surface area contributed by atoms with Crippen LogP contribution in [0.3, 0.4) is 0 Å². The minimum absolute atomic E-state index is 0.0270. The maximum absolute atomic E-state index is 12.1. The topological polar surface area (TPSA) is 57.8 Å². The smallest absolute Gasteiger partial charge is 0.252 e. The Labute approximate surface area is 135 Å². The van der Waals surface area contributed by atoms with Gasteiger partial charge < -0.3 is 10.3 Å². The van der Waals surface area contributed by atoms with Crippen molar-refractivity contribution in [3.05, 3.63) is 75.3 Å². The van der Waals surface area contributed by atoms with Gasteiger partial charge in [0, 0.05) is 42.5 Å². The molecule has 0 radical (unpaired) electrons. The van der Waals surface area contributed by atoms with E-state index in [1.165, 1.54) is 11.1 Å². The minimum atomic E-state index is -0.0270. The number of aromatic amines is 1. The quantitative estimate of drug-likeness (QED) is 0.713. The van der Waals surface area contributed by atoms with E-state index in [1.54, 1.807) is 0 Å². The van der Waals surface area contributed by atoms with E-state index in [4.69, 9.17) is 0 Å². The molecule has 0 saturated carbocycles. The summed E-state index contributed by atoms with van der Waals surface area (Å²) in [5, 5.41) is 4.39. The lowest BCUT2D eigenvalue weighted by atomic mass is 10.1. The Balaban J connectivity index is 1.62. The Morgan fingerprint density at radius 2 is 2.00 bits per heavy atom. The Bertz CT molecular complexity index is 883. The summed E-state index contributed by atoms with van der Waals surface area (Å²) in [7, 11) is 0. The Morgan fingerprint density at radius 1 is 1.17 bits per heavy atom. The first kappa shape index (κ1) is 15.4. The molecule has 2 aromatic heterocycles. The molecule has 3 aromatic rings. The number of rotatable bonds is 5. The molecule has 0 atom stereocenters. The second-order valence-electron chi connectivity index (χ2n) is 5.91. The fourth-order valence-corrected chi connectivity index (χ4v) is 2.76. The molecule has 4 nitrogen and oxygen atoms in total. The number of nitrogens with zero attached hydrogens (tertiary/aromatic N) is 1. The molecule has 0 unspecified atom stereocenters. The third-order valence-corrected chi connectivity index (χ3v) is 4.01. The highest BCUT2D eigenvalue weighted by Gasteiger charge is 2.04. The highest BCUT2D eigenvalue weighted by Crippen LogP contribution is 2.10. The molecular weight excluding hydrogens is 286 g/mol. The van der Waals surface area contributed by atoms with E-state index in [2.05, 4.69) is 28.3 Å². The fourth-order valence-electron chi connectivity index (χ4n) is 2.76. The van der Waals surface area contributed by atoms with Gasteiger partial charge in [-0.2, -0.15) is 0 Å². The Hall–Kier alpha value is -2.46. The summed E-state index contributed by atoms with van der Waals surface area (Å²) in [5.74, 6) is 0. The van der Waals surface area contributed by atoms with Gasteiger partial charge in [-0.15, -0.1) is 0 Å². The molecule has 0 aliphatic rings. The second kappa shape index (κ2) is 6.75. The van der Waals surface area contributed by atoms with Crippen molar-refractivity contribution >= 4 is 10.9 Å². The Kier molecular flexibility index (Phi) is 4.53. The normalized spacial score (nSPS) is 11.0. The fraction of sp³-hybridized carbons (Fsp3) is 0.263. The number of hydrogen-bond acceptors (Lipinski definition) is 3. The molecule has 23 heavy (non-hydrogen) atoms. The molecular formula is C19H21N3O. The summed E-state index contributed by atoms with van der Waals surface area (Å²) in [5.41, 5.74) is 5.12. The molecule has 0 aliphatic heterocycles. The standard InChI is InChI=1S/C19H21N3O/c1-13-9-14(2)17(21-11-13)7-8-20-12-16-10-15-5-3-4-6-18(15)22-19(16)23/h3-6,9-11,20H,7-8,12H2,1-2H3,(H,22,23). The molecule has 0 saturated heterocycles. The van der Waals surface area contributed by atoms with Gasteiger partial charge in [-0.05, 0) is 42.5 Å². The molecule has 0 spiro atoms. The average molecular weight is 307 g/mol. The largest absolute Gasteiger partial charge is 0.322 e. The van der Waals surface area contributed by atoms with E-state index < -0.39 is 0 Å². The highest BCUT2D eigenvalue weighted by molar-refractivity contribution is 5.78. The van der Waals surface area contributed by atoms with Crippen LogP contribution in [0, 0.1) is 13.8 Å². The molecule has 118 valence electrons. The van der Waals surface area contributed by atoms with Crippen molar-refractivity contribution in [1.82, 2.24) is 15.3 Å². The van der Waals surface area contributed by atoms with Crippen LogP contribution in [0.4, 0.5) is 0 Å². The van der Waals surface area contributed by atoms with Crippen molar-refractivity contribution in [2.45, 2.75) is 26.8 Å². The summed E-state index contributed by atoms with van der Waals surface area (Å²) in [6, 6.07) is 11.9. The predicted molar refractivity (Wildman–Crippen MR) is 93.7 cm³/mol. The second-order valence-corrected chi connectivity index (χ2v) is 5.91. The van der Waals surface area contributed by atoms with Crippen LogP contribution in [-0.4, -0.2) is 16.5 Å². The van der Waals surface area contributed by atoms with Gasteiger partial charge in [-0.25, -0.2) is 0 Å². The van der Waals surface area contributed by atoms with Crippen molar-refractivity contribution in [2.75, 3.05) is 6.54 Å². The monoisotopic (exact) mass is 307 g/mol. The number of nitrogens with one attached hydrogen (secondary N) is 2. The van der Waals surface area contributed by atoms with E-state index in [9.17, 15) is 4.79 Å². The van der Waals surface area contributed by atoms with Crippen LogP contribution < -0.4 is 10.9 Å². The van der Waals surface area contributed by atoms with Crippen LogP contribution in [0.5, 0.6) is 0 Å². The van der Waals surface area contributed by atoms with Gasteiger partial charge in [0.2, 0.25) is 0 Å². The van der Waals surface area contributed by atoms with E-state index in [1.807, 2.05) is 43.5 Å². The van der Waals surface area contributed by atoms with Crippen LogP contribution in [0.1, 0.15) is 22.4 Å². The van der Waals surface area contributed by atoms with E-state index >= 15 is 0 Å². The van der Waals surface area contributed by atoms with Gasteiger partial charge in [0.05, 0.1) is 0 Å². The maximum Gasteiger partial charge on any atom is 0.252 e. The van der Waals surface area contributed by atoms with Crippen molar-refractivity contribution < 1.29 is 0 Å². The van der Waals surface area contributed by atoms with E-state index in [0.717, 1.165) is 35.1 Å². The van der Waals surface area contributed by atoms with Gasteiger partial charge >= 0.3 is 0 Å². The summed E-state index contributed by atoms with van der Waals surface area (Å²) >= 11 is 0. The summed E-state index contributed by atoms with van der Waals surface area (Å²) < 4.78 is 0. The number of fused-ring (bicyclic) bond motifs is 1. The average Bonchev–Trinajstić information content (AvgIpc) is 2.53. The molecule has 0 bridgehead atoms. The van der Waals surface area contributed by atoms with Crippen LogP contribution in [0.25, 0.3) is 10.9 Å². The third-order valence-electron chi connectivity index (χ3n) is 4.01. The van der Waals surface area contributed by atoms with Crippen LogP contribution in [0.2, 0.25) is 0 Å². The van der Waals surface area contributed by atoms with Gasteiger partial charge in [-0.1, -0.05) is 24.3 Å². The first-order valence-electron chi connectivity index (χ1n) is 7.87. The van der Waals surface area contributed by atoms with Crippen LogP contribution >= 0.6 is 0 Å². The number of H-pyrrole nitrogens is 1. The van der Waals surface area contributed by atoms with Crippen LogP contribution in [0.15, 0.2) is 47.4 Å². The molecule has 0 amide bonds. The summed E-state index contributed by atoms with van der Waals surface area (Å²) in [6.45, 7) is 5.49. The molecule has 2 heterocycles. The third kappa shape index (κ3) is 3.66. The first-order valence-corrected chi connectivity index (χ1v) is 7.87. The molecule has 4 heteroatoms. The SMILES string of the molecule is Cc1cnc(CCNCc2cc3ccccc3[nH]c2=O)c(C)c1. The van der Waals surface area contributed by atoms with Crippen molar-refractivity contribution in [3.8, 4) is 0 Å². The zero-order valence-electron chi connectivity index (χ0n) is 13.5. The number of hydrogen-bond donors (Lipinski definition) is 2. The molecule has 0 aliphatic carbocycles.